The highest BCUT2D eigenvalue weighted by Crippen LogP contribution is 2.31. The Morgan fingerprint density at radius 1 is 1.35 bits per heavy atom. The van der Waals surface area contributed by atoms with E-state index in [9.17, 15) is 4.79 Å². The van der Waals surface area contributed by atoms with Crippen LogP contribution in [0.4, 0.5) is 0 Å². The smallest absolute Gasteiger partial charge is 0.337 e. The first-order valence-electron chi connectivity index (χ1n) is 5.75. The van der Waals surface area contributed by atoms with E-state index in [1.165, 1.54) is 7.11 Å². The van der Waals surface area contributed by atoms with Crippen LogP contribution < -0.4 is 10.6 Å². The number of esters is 1. The minimum atomic E-state index is -0.430. The quantitative estimate of drug-likeness (QED) is 0.645. The maximum Gasteiger partial charge on any atom is 0.337 e. The number of allylic oxidation sites excluding steroid dienone is 1. The van der Waals surface area contributed by atoms with E-state index in [1.54, 1.807) is 25.1 Å². The number of methoxy groups -OCH3 is 1. The molecule has 0 spiro atoms. The van der Waals surface area contributed by atoms with Crippen LogP contribution in [0.2, 0.25) is 10.0 Å². The molecular formula is C13H12Cl2N2O2S. The van der Waals surface area contributed by atoms with Crippen LogP contribution in [0.3, 0.4) is 0 Å². The highest BCUT2D eigenvalue weighted by atomic mass is 35.5. The SMILES string of the molecule is COC(=O)C1=C(C)NC(=S)N[C@H]1c1ccc(Cl)c(Cl)c1. The van der Waals surface area contributed by atoms with Gasteiger partial charge in [-0.3, -0.25) is 0 Å². The third-order valence-electron chi connectivity index (χ3n) is 2.95. The van der Waals surface area contributed by atoms with Crippen molar-refractivity contribution in [2.24, 2.45) is 0 Å². The molecule has 4 nitrogen and oxygen atoms in total. The molecule has 0 amide bonds. The van der Waals surface area contributed by atoms with Gasteiger partial charge in [-0.2, -0.15) is 0 Å². The normalized spacial score (nSPS) is 18.4. The number of hydrogen-bond acceptors (Lipinski definition) is 3. The summed E-state index contributed by atoms with van der Waals surface area (Å²) in [6.07, 6.45) is 0. The number of rotatable bonds is 2. The van der Waals surface area contributed by atoms with Crippen LogP contribution in [-0.2, 0) is 9.53 Å². The molecule has 0 bridgehead atoms. The molecule has 0 aliphatic carbocycles. The molecule has 0 saturated heterocycles. The van der Waals surface area contributed by atoms with Crippen molar-refractivity contribution < 1.29 is 9.53 Å². The van der Waals surface area contributed by atoms with Crippen molar-refractivity contribution in [1.82, 2.24) is 10.6 Å². The lowest BCUT2D eigenvalue weighted by Crippen LogP contribution is -2.45. The van der Waals surface area contributed by atoms with Crippen molar-refractivity contribution in [3.8, 4) is 0 Å². The van der Waals surface area contributed by atoms with Crippen LogP contribution in [0, 0.1) is 0 Å². The molecule has 20 heavy (non-hydrogen) atoms. The lowest BCUT2D eigenvalue weighted by atomic mass is 9.96. The first-order valence-corrected chi connectivity index (χ1v) is 6.92. The Labute approximate surface area is 132 Å². The average molecular weight is 331 g/mol. The van der Waals surface area contributed by atoms with Gasteiger partial charge in [0.05, 0.1) is 28.8 Å². The molecule has 0 unspecified atom stereocenters. The molecule has 1 heterocycles. The standard InChI is InChI=1S/C13H12Cl2N2O2S/c1-6-10(12(18)19-2)11(17-13(20)16-6)7-3-4-8(14)9(15)5-7/h3-5,11H,1-2H3,(H2,16,17,20)/t11-/m0/s1. The van der Waals surface area contributed by atoms with Gasteiger partial charge in [0, 0.05) is 5.70 Å². The molecule has 2 rings (SSSR count). The molecule has 1 aliphatic heterocycles. The molecule has 1 atom stereocenters. The Hall–Kier alpha value is -1.30. The fourth-order valence-electron chi connectivity index (χ4n) is 2.02. The highest BCUT2D eigenvalue weighted by molar-refractivity contribution is 7.80. The maximum absolute atomic E-state index is 12.0. The Kier molecular flexibility index (Phi) is 4.52. The number of ether oxygens (including phenoxy) is 1. The minimum Gasteiger partial charge on any atom is -0.466 e. The summed E-state index contributed by atoms with van der Waals surface area (Å²) in [4.78, 5) is 12.0. The van der Waals surface area contributed by atoms with E-state index in [1.807, 2.05) is 0 Å². The van der Waals surface area contributed by atoms with Crippen LogP contribution in [0.15, 0.2) is 29.5 Å². The van der Waals surface area contributed by atoms with Gasteiger partial charge >= 0.3 is 5.97 Å². The summed E-state index contributed by atoms with van der Waals surface area (Å²) in [5, 5.41) is 7.25. The minimum absolute atomic E-state index is 0.414. The first-order chi connectivity index (χ1) is 9.43. The second-order valence-corrected chi connectivity index (χ2v) is 5.46. The van der Waals surface area contributed by atoms with Crippen LogP contribution in [0.1, 0.15) is 18.5 Å². The topological polar surface area (TPSA) is 50.4 Å². The number of carbonyl (C=O) groups excluding carboxylic acids is 1. The van der Waals surface area contributed by atoms with Crippen molar-refractivity contribution in [3.63, 3.8) is 0 Å². The Balaban J connectivity index is 2.50. The van der Waals surface area contributed by atoms with Gasteiger partial charge in [0.2, 0.25) is 0 Å². The zero-order chi connectivity index (χ0) is 14.9. The van der Waals surface area contributed by atoms with Gasteiger partial charge < -0.3 is 15.4 Å². The van der Waals surface area contributed by atoms with Crippen molar-refractivity contribution in [2.45, 2.75) is 13.0 Å². The van der Waals surface area contributed by atoms with Crippen molar-refractivity contribution in [2.75, 3.05) is 7.11 Å². The molecular weight excluding hydrogens is 319 g/mol. The summed E-state index contributed by atoms with van der Waals surface area (Å²) in [5.74, 6) is -0.430. The predicted octanol–water partition coefficient (Wildman–Crippen LogP) is 2.96. The van der Waals surface area contributed by atoms with E-state index in [-0.39, 0.29) is 0 Å². The van der Waals surface area contributed by atoms with E-state index >= 15 is 0 Å². The monoisotopic (exact) mass is 330 g/mol. The maximum atomic E-state index is 12.0. The summed E-state index contributed by atoms with van der Waals surface area (Å²) in [6.45, 7) is 1.77. The van der Waals surface area contributed by atoms with Gasteiger partial charge in [-0.25, -0.2) is 4.79 Å². The Bertz CT molecular complexity index is 616. The average Bonchev–Trinajstić information content (AvgIpc) is 2.40. The van der Waals surface area contributed by atoms with E-state index in [4.69, 9.17) is 40.2 Å². The van der Waals surface area contributed by atoms with Gasteiger partial charge in [-0.05, 0) is 36.8 Å². The van der Waals surface area contributed by atoms with Gasteiger partial charge in [-0.1, -0.05) is 29.3 Å². The molecule has 1 aliphatic rings. The van der Waals surface area contributed by atoms with Gasteiger partial charge in [-0.15, -0.1) is 0 Å². The van der Waals surface area contributed by atoms with Crippen molar-refractivity contribution in [3.05, 3.63) is 45.1 Å². The number of hydrogen-bond donors (Lipinski definition) is 2. The second-order valence-electron chi connectivity index (χ2n) is 4.24. The molecule has 0 radical (unpaired) electrons. The van der Waals surface area contributed by atoms with Crippen LogP contribution in [0.25, 0.3) is 0 Å². The zero-order valence-electron chi connectivity index (χ0n) is 10.8. The van der Waals surface area contributed by atoms with Crippen molar-refractivity contribution in [1.29, 1.82) is 0 Å². The van der Waals surface area contributed by atoms with Crippen LogP contribution in [0.5, 0.6) is 0 Å². The van der Waals surface area contributed by atoms with Crippen molar-refractivity contribution >= 4 is 46.5 Å². The fraction of sp³-hybridized carbons (Fsp3) is 0.231. The largest absolute Gasteiger partial charge is 0.466 e. The molecule has 2 N–H and O–H groups in total. The molecule has 1 aromatic rings. The van der Waals surface area contributed by atoms with Gasteiger partial charge in [0.15, 0.2) is 5.11 Å². The van der Waals surface area contributed by atoms with E-state index in [0.29, 0.717) is 26.4 Å². The third kappa shape index (κ3) is 2.90. The number of benzene rings is 1. The van der Waals surface area contributed by atoms with E-state index < -0.39 is 12.0 Å². The molecule has 0 aromatic heterocycles. The number of halogens is 2. The summed E-state index contributed by atoms with van der Waals surface area (Å²) in [5.41, 5.74) is 1.89. The lowest BCUT2D eigenvalue weighted by Gasteiger charge is -2.29. The number of nitrogens with one attached hydrogen (secondary N) is 2. The summed E-state index contributed by atoms with van der Waals surface area (Å²) >= 11 is 17.1. The van der Waals surface area contributed by atoms with Crippen LogP contribution >= 0.6 is 35.4 Å². The second kappa shape index (κ2) is 5.99. The summed E-state index contributed by atoms with van der Waals surface area (Å²) in [6, 6.07) is 4.74. The lowest BCUT2D eigenvalue weighted by molar-refractivity contribution is -0.136. The third-order valence-corrected chi connectivity index (χ3v) is 3.91. The molecule has 0 saturated carbocycles. The predicted molar refractivity (Wildman–Crippen MR) is 82.8 cm³/mol. The highest BCUT2D eigenvalue weighted by Gasteiger charge is 2.30. The van der Waals surface area contributed by atoms with E-state index in [2.05, 4.69) is 10.6 Å². The fourth-order valence-corrected chi connectivity index (χ4v) is 2.59. The number of carbonyl (C=O) groups is 1. The summed E-state index contributed by atoms with van der Waals surface area (Å²) < 4.78 is 4.82. The number of thiocarbonyl (C=S) groups is 1. The summed E-state index contributed by atoms with van der Waals surface area (Å²) in [7, 11) is 1.33. The molecule has 106 valence electrons. The first kappa shape index (κ1) is 15.1. The Morgan fingerprint density at radius 3 is 2.65 bits per heavy atom. The van der Waals surface area contributed by atoms with Crippen LogP contribution in [-0.4, -0.2) is 18.2 Å². The van der Waals surface area contributed by atoms with Gasteiger partial charge in [0.25, 0.3) is 0 Å². The molecule has 1 aromatic carbocycles. The van der Waals surface area contributed by atoms with Gasteiger partial charge in [0.1, 0.15) is 0 Å². The Morgan fingerprint density at radius 2 is 2.05 bits per heavy atom. The molecule has 7 heteroatoms. The van der Waals surface area contributed by atoms with E-state index in [0.717, 1.165) is 5.56 Å². The zero-order valence-corrected chi connectivity index (χ0v) is 13.1. The molecule has 0 fully saturated rings.